The van der Waals surface area contributed by atoms with Gasteiger partial charge in [0.1, 0.15) is 11.2 Å². The second kappa shape index (κ2) is 9.32. The molecular weight excluding hydrogens is 579 g/mol. The number of furan rings is 1. The molecule has 2 nitrogen and oxygen atoms in total. The summed E-state index contributed by atoms with van der Waals surface area (Å²) in [6.45, 7) is 4.70. The van der Waals surface area contributed by atoms with Crippen LogP contribution < -0.4 is 4.90 Å². The van der Waals surface area contributed by atoms with E-state index in [0.717, 1.165) is 44.4 Å². The number of thiophene rings is 1. The molecule has 0 unspecified atom stereocenters. The van der Waals surface area contributed by atoms with Crippen LogP contribution in [0.15, 0.2) is 144 Å². The van der Waals surface area contributed by atoms with Gasteiger partial charge in [-0.1, -0.05) is 105 Å². The lowest BCUT2D eigenvalue weighted by Gasteiger charge is -2.28. The van der Waals surface area contributed by atoms with Crippen LogP contribution in [0.2, 0.25) is 0 Å². The van der Waals surface area contributed by atoms with Gasteiger partial charge in [0.15, 0.2) is 0 Å². The van der Waals surface area contributed by atoms with Gasteiger partial charge in [-0.05, 0) is 76.2 Å². The first-order valence-corrected chi connectivity index (χ1v) is 16.7. The summed E-state index contributed by atoms with van der Waals surface area (Å²) in [5.41, 5.74) is 10.5. The fraction of sp³-hybridized carbons (Fsp3) is 0.0698. The molecule has 1 aliphatic rings. The maximum absolute atomic E-state index is 6.66. The Balaban J connectivity index is 1.26. The van der Waals surface area contributed by atoms with Crippen LogP contribution in [0.3, 0.4) is 0 Å². The molecule has 2 aromatic heterocycles. The average Bonchev–Trinajstić information content (AvgIpc) is 3.73. The molecule has 1 aliphatic carbocycles. The Morgan fingerprint density at radius 1 is 0.543 bits per heavy atom. The van der Waals surface area contributed by atoms with Gasteiger partial charge in [-0.15, -0.1) is 11.3 Å². The largest absolute Gasteiger partial charge is 0.455 e. The summed E-state index contributed by atoms with van der Waals surface area (Å²) in [6, 6.07) is 50.9. The van der Waals surface area contributed by atoms with Gasteiger partial charge in [-0.2, -0.15) is 0 Å². The Morgan fingerprint density at radius 3 is 2.20 bits per heavy atom. The molecule has 7 aromatic carbocycles. The Bertz CT molecular complexity index is 2690. The summed E-state index contributed by atoms with van der Waals surface area (Å²) in [5.74, 6) is 0. The van der Waals surface area contributed by atoms with Crippen molar-refractivity contribution in [2.75, 3.05) is 4.90 Å². The maximum atomic E-state index is 6.66. The van der Waals surface area contributed by atoms with Crippen molar-refractivity contribution in [2.24, 2.45) is 0 Å². The Morgan fingerprint density at radius 2 is 1.26 bits per heavy atom. The van der Waals surface area contributed by atoms with E-state index in [1.165, 1.54) is 47.8 Å². The van der Waals surface area contributed by atoms with E-state index in [9.17, 15) is 0 Å². The molecular formula is C43H29NOS. The molecule has 0 radical (unpaired) electrons. The molecule has 218 valence electrons. The van der Waals surface area contributed by atoms with Crippen molar-refractivity contribution in [3.05, 3.63) is 151 Å². The highest BCUT2D eigenvalue weighted by Crippen LogP contribution is 2.52. The van der Waals surface area contributed by atoms with E-state index >= 15 is 0 Å². The molecule has 0 amide bonds. The molecule has 0 fully saturated rings. The lowest BCUT2D eigenvalue weighted by molar-refractivity contribution is 0.660. The summed E-state index contributed by atoms with van der Waals surface area (Å²) in [5, 5.41) is 7.19. The fourth-order valence-electron chi connectivity index (χ4n) is 7.83. The average molecular weight is 608 g/mol. The second-order valence-electron chi connectivity index (χ2n) is 12.9. The zero-order chi connectivity index (χ0) is 30.6. The number of benzene rings is 7. The predicted octanol–water partition coefficient (Wildman–Crippen LogP) is 12.9. The predicted molar refractivity (Wildman–Crippen MR) is 196 cm³/mol. The van der Waals surface area contributed by atoms with E-state index in [-0.39, 0.29) is 5.41 Å². The Labute approximate surface area is 270 Å². The van der Waals surface area contributed by atoms with Crippen molar-refractivity contribution >= 4 is 81.3 Å². The maximum Gasteiger partial charge on any atom is 0.143 e. The number of fused-ring (bicyclic) bond motifs is 11. The molecule has 9 aromatic rings. The zero-order valence-corrected chi connectivity index (χ0v) is 26.4. The van der Waals surface area contributed by atoms with Crippen LogP contribution in [-0.2, 0) is 5.41 Å². The highest BCUT2D eigenvalue weighted by Gasteiger charge is 2.36. The number of hydrogen-bond acceptors (Lipinski definition) is 3. The van der Waals surface area contributed by atoms with Crippen LogP contribution in [0.4, 0.5) is 17.1 Å². The number of rotatable bonds is 3. The minimum Gasteiger partial charge on any atom is -0.455 e. The minimum atomic E-state index is -0.101. The molecule has 0 N–H and O–H groups in total. The minimum absolute atomic E-state index is 0.101. The topological polar surface area (TPSA) is 16.4 Å². The third-order valence-corrected chi connectivity index (χ3v) is 11.2. The smallest absolute Gasteiger partial charge is 0.143 e. The van der Waals surface area contributed by atoms with Gasteiger partial charge in [0.25, 0.3) is 0 Å². The third kappa shape index (κ3) is 3.52. The van der Waals surface area contributed by atoms with Gasteiger partial charge >= 0.3 is 0 Å². The summed E-state index contributed by atoms with van der Waals surface area (Å²) in [7, 11) is 0. The second-order valence-corrected chi connectivity index (χ2v) is 14.0. The molecule has 0 aliphatic heterocycles. The molecule has 0 spiro atoms. The van der Waals surface area contributed by atoms with Crippen LogP contribution >= 0.6 is 11.3 Å². The van der Waals surface area contributed by atoms with E-state index in [0.29, 0.717) is 0 Å². The highest BCUT2D eigenvalue weighted by atomic mass is 32.1. The van der Waals surface area contributed by atoms with Gasteiger partial charge in [-0.3, -0.25) is 0 Å². The summed E-state index contributed by atoms with van der Waals surface area (Å²) >= 11 is 1.86. The van der Waals surface area contributed by atoms with Crippen molar-refractivity contribution in [2.45, 2.75) is 19.3 Å². The lowest BCUT2D eigenvalue weighted by Crippen LogP contribution is -2.16. The van der Waals surface area contributed by atoms with Crippen molar-refractivity contribution in [3.63, 3.8) is 0 Å². The van der Waals surface area contributed by atoms with E-state index < -0.39 is 0 Å². The number of nitrogens with zero attached hydrogens (tertiary/aromatic N) is 1. The highest BCUT2D eigenvalue weighted by molar-refractivity contribution is 7.25. The van der Waals surface area contributed by atoms with Crippen molar-refractivity contribution in [1.29, 1.82) is 0 Å². The molecule has 0 bridgehead atoms. The number of hydrogen-bond donors (Lipinski definition) is 0. The van der Waals surface area contributed by atoms with E-state index in [4.69, 9.17) is 4.42 Å². The monoisotopic (exact) mass is 607 g/mol. The van der Waals surface area contributed by atoms with E-state index in [1.54, 1.807) is 0 Å². The molecule has 0 atom stereocenters. The molecule has 0 saturated carbocycles. The van der Waals surface area contributed by atoms with E-state index in [1.807, 2.05) is 11.3 Å². The van der Waals surface area contributed by atoms with Gasteiger partial charge in [0, 0.05) is 47.7 Å². The van der Waals surface area contributed by atoms with E-state index in [2.05, 4.69) is 158 Å². The first kappa shape index (κ1) is 25.9. The Kier molecular flexibility index (Phi) is 5.25. The number of anilines is 3. The zero-order valence-electron chi connectivity index (χ0n) is 25.5. The molecule has 10 rings (SSSR count). The van der Waals surface area contributed by atoms with Crippen LogP contribution in [0.25, 0.3) is 64.0 Å². The van der Waals surface area contributed by atoms with Crippen LogP contribution in [0.5, 0.6) is 0 Å². The van der Waals surface area contributed by atoms with Crippen molar-refractivity contribution in [1.82, 2.24) is 0 Å². The molecule has 2 heterocycles. The summed E-state index contributed by atoms with van der Waals surface area (Å²) in [4.78, 5) is 2.44. The molecule has 46 heavy (non-hydrogen) atoms. The summed E-state index contributed by atoms with van der Waals surface area (Å²) < 4.78 is 9.26. The van der Waals surface area contributed by atoms with Crippen LogP contribution in [0.1, 0.15) is 25.0 Å². The van der Waals surface area contributed by atoms with Gasteiger partial charge < -0.3 is 9.32 Å². The first-order valence-electron chi connectivity index (χ1n) is 15.9. The van der Waals surface area contributed by atoms with Gasteiger partial charge in [0.05, 0.1) is 11.1 Å². The van der Waals surface area contributed by atoms with Gasteiger partial charge in [0.2, 0.25) is 0 Å². The molecule has 0 saturated heterocycles. The third-order valence-electron chi connectivity index (χ3n) is 10.1. The molecule has 3 heteroatoms. The Hall–Kier alpha value is -5.38. The quantitative estimate of drug-likeness (QED) is 0.199. The normalized spacial score (nSPS) is 13.6. The van der Waals surface area contributed by atoms with Crippen molar-refractivity contribution in [3.8, 4) is 11.1 Å². The SMILES string of the molecule is CC1(C)c2ccccc2-c2ccc(N(c3ccc4c(c3)sc3ccccc34)c3cccc4oc5c6ccccc6ccc5c34)cc21. The summed E-state index contributed by atoms with van der Waals surface area (Å²) in [6.07, 6.45) is 0. The first-order chi connectivity index (χ1) is 22.6. The lowest BCUT2D eigenvalue weighted by atomic mass is 9.82. The van der Waals surface area contributed by atoms with Crippen molar-refractivity contribution < 1.29 is 4.42 Å². The standard InChI is InChI=1S/C43H29NOS/c1-43(2)35-14-7-5-12-30(35)31-22-19-27(24-36(31)43)44(28-20-23-33-32-13-6-8-17-39(32)46-40(33)25-28)37-15-9-16-38-41(37)34-21-18-26-10-3-4-11-29(26)42(34)45-38/h3-25H,1-2H3. The fourth-order valence-corrected chi connectivity index (χ4v) is 8.97. The van der Waals surface area contributed by atoms with Crippen LogP contribution in [0, 0.1) is 0 Å². The van der Waals surface area contributed by atoms with Crippen LogP contribution in [-0.4, -0.2) is 0 Å². The van der Waals surface area contributed by atoms with Gasteiger partial charge in [-0.25, -0.2) is 0 Å².